The van der Waals surface area contributed by atoms with Gasteiger partial charge in [0, 0.05) is 24.7 Å². The van der Waals surface area contributed by atoms with Gasteiger partial charge in [-0.05, 0) is 32.6 Å². The van der Waals surface area contributed by atoms with Gasteiger partial charge >= 0.3 is 0 Å². The smallest absolute Gasteiger partial charge is 0.243 e. The fourth-order valence-corrected chi connectivity index (χ4v) is 2.39. The van der Waals surface area contributed by atoms with E-state index in [9.17, 15) is 4.79 Å². The third-order valence-corrected chi connectivity index (χ3v) is 3.12. The highest BCUT2D eigenvalue weighted by Gasteiger charge is 2.26. The largest absolute Gasteiger partial charge is 0.373 e. The molecule has 2 rings (SSSR count). The average Bonchev–Trinajstić information content (AvgIpc) is 2.71. The highest BCUT2D eigenvalue weighted by molar-refractivity contribution is 5.87. The zero-order chi connectivity index (χ0) is 13.1. The lowest BCUT2D eigenvalue weighted by Gasteiger charge is -2.20. The van der Waals surface area contributed by atoms with E-state index in [-0.39, 0.29) is 18.0 Å². The highest BCUT2D eigenvalue weighted by atomic mass is 16.2. The molecule has 4 nitrogen and oxygen atoms in total. The Morgan fingerprint density at radius 1 is 1.50 bits per heavy atom. The van der Waals surface area contributed by atoms with E-state index in [1.54, 1.807) is 0 Å². The van der Waals surface area contributed by atoms with E-state index in [4.69, 9.17) is 0 Å². The number of amides is 1. The predicted octanol–water partition coefficient (Wildman–Crippen LogP) is 1.09. The van der Waals surface area contributed by atoms with Crippen molar-refractivity contribution in [3.05, 3.63) is 29.8 Å². The average molecular weight is 247 g/mol. The number of benzene rings is 1. The number of hydrogen-bond acceptors (Lipinski definition) is 3. The maximum absolute atomic E-state index is 12.1. The van der Waals surface area contributed by atoms with Crippen LogP contribution in [0.2, 0.25) is 0 Å². The summed E-state index contributed by atoms with van der Waals surface area (Å²) in [6, 6.07) is 8.12. The summed E-state index contributed by atoms with van der Waals surface area (Å²) in [6.45, 7) is 2.88. The Balaban J connectivity index is 1.89. The molecule has 0 spiro atoms. The van der Waals surface area contributed by atoms with E-state index in [0.717, 1.165) is 18.7 Å². The molecule has 0 bridgehead atoms. The molecule has 2 N–H and O–H groups in total. The highest BCUT2D eigenvalue weighted by Crippen LogP contribution is 2.25. The molecule has 2 unspecified atom stereocenters. The summed E-state index contributed by atoms with van der Waals surface area (Å²) >= 11 is 0. The third kappa shape index (κ3) is 3.01. The second-order valence-corrected chi connectivity index (χ2v) is 5.23. The van der Waals surface area contributed by atoms with Crippen LogP contribution in [-0.4, -0.2) is 43.5 Å². The fraction of sp³-hybridized carbons (Fsp3) is 0.500. The first-order valence-electron chi connectivity index (χ1n) is 6.36. The molecule has 0 saturated heterocycles. The third-order valence-electron chi connectivity index (χ3n) is 3.12. The Morgan fingerprint density at radius 2 is 2.22 bits per heavy atom. The van der Waals surface area contributed by atoms with Crippen molar-refractivity contribution in [1.82, 2.24) is 10.2 Å². The molecule has 1 heterocycles. The number of nitrogens with one attached hydrogen (secondary N) is 2. The molecular formula is C14H21N3O. The van der Waals surface area contributed by atoms with Crippen molar-refractivity contribution in [2.45, 2.75) is 25.4 Å². The predicted molar refractivity (Wildman–Crippen MR) is 73.7 cm³/mol. The first-order valence-corrected chi connectivity index (χ1v) is 6.36. The lowest BCUT2D eigenvalue weighted by molar-refractivity contribution is -0.122. The van der Waals surface area contributed by atoms with Crippen LogP contribution in [0.3, 0.4) is 0 Å². The summed E-state index contributed by atoms with van der Waals surface area (Å²) in [5.74, 6) is 0.0838. The van der Waals surface area contributed by atoms with E-state index in [2.05, 4.69) is 21.6 Å². The van der Waals surface area contributed by atoms with Gasteiger partial charge in [0.1, 0.15) is 6.04 Å². The van der Waals surface area contributed by atoms with Crippen molar-refractivity contribution in [3.8, 4) is 0 Å². The molecule has 2 atom stereocenters. The topological polar surface area (TPSA) is 44.4 Å². The van der Waals surface area contributed by atoms with Gasteiger partial charge in [-0.25, -0.2) is 0 Å². The fourth-order valence-electron chi connectivity index (χ4n) is 2.39. The number of fused-ring (bicyclic) bond motifs is 1. The Hall–Kier alpha value is -1.55. The van der Waals surface area contributed by atoms with Gasteiger partial charge in [-0.2, -0.15) is 0 Å². The molecule has 0 radical (unpaired) electrons. The van der Waals surface area contributed by atoms with Gasteiger partial charge in [0.2, 0.25) is 5.91 Å². The molecular weight excluding hydrogens is 226 g/mol. The van der Waals surface area contributed by atoms with E-state index < -0.39 is 0 Å². The summed E-state index contributed by atoms with van der Waals surface area (Å²) in [4.78, 5) is 14.2. The van der Waals surface area contributed by atoms with Crippen LogP contribution in [0.1, 0.15) is 12.5 Å². The Kier molecular flexibility index (Phi) is 3.87. The van der Waals surface area contributed by atoms with Gasteiger partial charge in [0.15, 0.2) is 0 Å². The molecule has 4 heteroatoms. The van der Waals surface area contributed by atoms with Crippen LogP contribution in [0.15, 0.2) is 24.3 Å². The number of rotatable bonds is 4. The first kappa shape index (κ1) is 12.9. The summed E-state index contributed by atoms with van der Waals surface area (Å²) in [5.41, 5.74) is 2.30. The van der Waals surface area contributed by atoms with E-state index in [1.165, 1.54) is 5.56 Å². The van der Waals surface area contributed by atoms with Crippen molar-refractivity contribution in [3.63, 3.8) is 0 Å². The molecule has 0 aliphatic carbocycles. The molecule has 0 fully saturated rings. The van der Waals surface area contributed by atoms with Crippen LogP contribution in [0.4, 0.5) is 5.69 Å². The van der Waals surface area contributed by atoms with Crippen molar-refractivity contribution in [2.75, 3.05) is 26.0 Å². The minimum Gasteiger partial charge on any atom is -0.373 e. The normalized spacial score (nSPS) is 19.2. The molecule has 0 saturated carbocycles. The molecule has 1 aliphatic rings. The van der Waals surface area contributed by atoms with E-state index in [0.29, 0.717) is 0 Å². The Labute approximate surface area is 108 Å². The summed E-state index contributed by atoms with van der Waals surface area (Å²) < 4.78 is 0. The van der Waals surface area contributed by atoms with Crippen molar-refractivity contribution in [2.24, 2.45) is 0 Å². The van der Waals surface area contributed by atoms with Gasteiger partial charge in [0.25, 0.3) is 0 Å². The van der Waals surface area contributed by atoms with E-state index >= 15 is 0 Å². The quantitative estimate of drug-likeness (QED) is 0.837. The summed E-state index contributed by atoms with van der Waals surface area (Å²) in [7, 11) is 4.01. The molecule has 18 heavy (non-hydrogen) atoms. The second kappa shape index (κ2) is 5.40. The number of carbonyl (C=O) groups is 1. The van der Waals surface area contributed by atoms with Gasteiger partial charge < -0.3 is 15.5 Å². The minimum atomic E-state index is -0.132. The molecule has 0 aromatic heterocycles. The molecule has 1 aliphatic heterocycles. The van der Waals surface area contributed by atoms with Gasteiger partial charge in [-0.15, -0.1) is 0 Å². The lowest BCUT2D eigenvalue weighted by Crippen LogP contribution is -2.46. The maximum atomic E-state index is 12.1. The SMILES string of the molecule is CC(CN(C)C)NC(=O)C1Cc2ccccc2N1. The minimum absolute atomic E-state index is 0.0838. The Bertz CT molecular complexity index is 406. The monoisotopic (exact) mass is 247 g/mol. The van der Waals surface area contributed by atoms with Crippen molar-refractivity contribution >= 4 is 11.6 Å². The zero-order valence-electron chi connectivity index (χ0n) is 11.2. The summed E-state index contributed by atoms with van der Waals surface area (Å²) in [6.07, 6.45) is 0.774. The van der Waals surface area contributed by atoms with Crippen LogP contribution in [0.25, 0.3) is 0 Å². The van der Waals surface area contributed by atoms with Crippen molar-refractivity contribution in [1.29, 1.82) is 0 Å². The van der Waals surface area contributed by atoms with Crippen LogP contribution in [0, 0.1) is 0 Å². The van der Waals surface area contributed by atoms with Gasteiger partial charge in [0.05, 0.1) is 0 Å². The molecule has 1 aromatic rings. The van der Waals surface area contributed by atoms with Crippen LogP contribution in [-0.2, 0) is 11.2 Å². The second-order valence-electron chi connectivity index (χ2n) is 5.23. The molecule has 1 aromatic carbocycles. The van der Waals surface area contributed by atoms with Crippen molar-refractivity contribution < 1.29 is 4.79 Å². The van der Waals surface area contributed by atoms with Crippen LogP contribution < -0.4 is 10.6 Å². The first-order chi connectivity index (χ1) is 8.56. The van der Waals surface area contributed by atoms with Crippen LogP contribution >= 0.6 is 0 Å². The number of carbonyl (C=O) groups excluding carboxylic acids is 1. The number of anilines is 1. The lowest BCUT2D eigenvalue weighted by atomic mass is 10.1. The number of hydrogen-bond donors (Lipinski definition) is 2. The number of para-hydroxylation sites is 1. The Morgan fingerprint density at radius 3 is 2.89 bits per heavy atom. The number of nitrogens with zero attached hydrogens (tertiary/aromatic N) is 1. The molecule has 1 amide bonds. The zero-order valence-corrected chi connectivity index (χ0v) is 11.2. The van der Waals surface area contributed by atoms with Gasteiger partial charge in [-0.1, -0.05) is 18.2 Å². The summed E-state index contributed by atoms with van der Waals surface area (Å²) in [5, 5.41) is 6.31. The van der Waals surface area contributed by atoms with Crippen LogP contribution in [0.5, 0.6) is 0 Å². The van der Waals surface area contributed by atoms with Gasteiger partial charge in [-0.3, -0.25) is 4.79 Å². The standard InChI is InChI=1S/C14H21N3O/c1-10(9-17(2)3)15-14(18)13-8-11-6-4-5-7-12(11)16-13/h4-7,10,13,16H,8-9H2,1-3H3,(H,15,18). The maximum Gasteiger partial charge on any atom is 0.243 e. The number of likely N-dealkylation sites (N-methyl/N-ethyl adjacent to an activating group) is 1. The molecule has 98 valence electrons. The van der Waals surface area contributed by atoms with E-state index in [1.807, 2.05) is 39.2 Å².